The summed E-state index contributed by atoms with van der Waals surface area (Å²) in [5, 5.41) is 10.6. The van der Waals surface area contributed by atoms with Gasteiger partial charge in [0.1, 0.15) is 5.84 Å². The molecule has 0 saturated heterocycles. The molecule has 17 heavy (non-hydrogen) atoms. The molecule has 2 aliphatic rings. The molecular weight excluding hydrogens is 216 g/mol. The minimum absolute atomic E-state index is 0.308. The molecule has 2 heterocycles. The smallest absolute Gasteiger partial charge is 0.297 e. The van der Waals surface area contributed by atoms with Gasteiger partial charge >= 0.3 is 0 Å². The van der Waals surface area contributed by atoms with E-state index in [4.69, 9.17) is 0 Å². The van der Waals surface area contributed by atoms with E-state index in [-0.39, 0.29) is 5.91 Å². The van der Waals surface area contributed by atoms with Crippen LogP contribution in [0.2, 0.25) is 0 Å². The van der Waals surface area contributed by atoms with Crippen LogP contribution in [0.5, 0.6) is 0 Å². The maximum absolute atomic E-state index is 11.7. The van der Waals surface area contributed by atoms with E-state index in [9.17, 15) is 4.79 Å². The summed E-state index contributed by atoms with van der Waals surface area (Å²) in [5.41, 5.74) is 2.24. The Morgan fingerprint density at radius 2 is 2.00 bits per heavy atom. The lowest BCUT2D eigenvalue weighted by Gasteiger charge is -2.19. The highest BCUT2D eigenvalue weighted by Gasteiger charge is 2.33. The SMILES string of the molecule is CC1=NC2N=NC(=O)C2=C(c2ccccc2)N1. The number of fused-ring (bicyclic) bond motifs is 1. The maximum Gasteiger partial charge on any atom is 0.297 e. The van der Waals surface area contributed by atoms with Gasteiger partial charge in [-0.15, -0.1) is 5.11 Å². The highest BCUT2D eigenvalue weighted by atomic mass is 16.2. The molecule has 0 aliphatic carbocycles. The molecule has 0 aromatic heterocycles. The fourth-order valence-electron chi connectivity index (χ4n) is 1.95. The van der Waals surface area contributed by atoms with Gasteiger partial charge in [-0.3, -0.25) is 4.79 Å². The molecule has 84 valence electrons. The van der Waals surface area contributed by atoms with Crippen molar-refractivity contribution in [1.82, 2.24) is 5.32 Å². The second-order valence-electron chi connectivity index (χ2n) is 3.89. The van der Waals surface area contributed by atoms with E-state index in [1.165, 1.54) is 0 Å². The van der Waals surface area contributed by atoms with E-state index in [1.807, 2.05) is 37.3 Å². The largest absolute Gasteiger partial charge is 0.343 e. The van der Waals surface area contributed by atoms with Gasteiger partial charge in [0.2, 0.25) is 0 Å². The molecular formula is C12H10N4O. The van der Waals surface area contributed by atoms with Crippen LogP contribution in [-0.2, 0) is 4.79 Å². The number of amides is 1. The molecule has 1 amide bonds. The van der Waals surface area contributed by atoms with Gasteiger partial charge in [0.25, 0.3) is 5.91 Å². The van der Waals surface area contributed by atoms with Crippen molar-refractivity contribution in [3.63, 3.8) is 0 Å². The average Bonchev–Trinajstić information content (AvgIpc) is 2.71. The number of amidine groups is 1. The Morgan fingerprint density at radius 1 is 1.24 bits per heavy atom. The number of hydrogen-bond acceptors (Lipinski definition) is 4. The molecule has 1 unspecified atom stereocenters. The zero-order chi connectivity index (χ0) is 11.8. The van der Waals surface area contributed by atoms with Crippen LogP contribution in [0, 0.1) is 0 Å². The third-order valence-corrected chi connectivity index (χ3v) is 2.70. The highest BCUT2D eigenvalue weighted by molar-refractivity contribution is 6.08. The van der Waals surface area contributed by atoms with Crippen molar-refractivity contribution >= 4 is 17.4 Å². The Balaban J connectivity index is 2.14. The van der Waals surface area contributed by atoms with Crippen molar-refractivity contribution in [2.24, 2.45) is 15.2 Å². The zero-order valence-electron chi connectivity index (χ0n) is 9.21. The third-order valence-electron chi connectivity index (χ3n) is 2.70. The summed E-state index contributed by atoms with van der Waals surface area (Å²) in [6, 6.07) is 9.66. The van der Waals surface area contributed by atoms with Gasteiger partial charge < -0.3 is 5.32 Å². The predicted molar refractivity (Wildman–Crippen MR) is 63.3 cm³/mol. The van der Waals surface area contributed by atoms with E-state index >= 15 is 0 Å². The Morgan fingerprint density at radius 3 is 2.76 bits per heavy atom. The summed E-state index contributed by atoms with van der Waals surface area (Å²) in [7, 11) is 0. The molecule has 1 atom stereocenters. The van der Waals surface area contributed by atoms with Gasteiger partial charge in [-0.2, -0.15) is 5.11 Å². The van der Waals surface area contributed by atoms with Gasteiger partial charge in [0.05, 0.1) is 11.3 Å². The first-order chi connectivity index (χ1) is 8.25. The van der Waals surface area contributed by atoms with E-state index in [0.29, 0.717) is 5.57 Å². The summed E-state index contributed by atoms with van der Waals surface area (Å²) in [4.78, 5) is 15.9. The topological polar surface area (TPSA) is 66.2 Å². The van der Waals surface area contributed by atoms with Crippen LogP contribution >= 0.6 is 0 Å². The minimum atomic E-state index is -0.473. The van der Waals surface area contributed by atoms with Crippen molar-refractivity contribution in [1.29, 1.82) is 0 Å². The molecule has 1 aromatic carbocycles. The molecule has 0 fully saturated rings. The first-order valence-corrected chi connectivity index (χ1v) is 5.32. The number of azo groups is 1. The highest BCUT2D eigenvalue weighted by Crippen LogP contribution is 2.29. The number of nitrogens with one attached hydrogen (secondary N) is 1. The molecule has 5 nitrogen and oxygen atoms in total. The first-order valence-electron chi connectivity index (χ1n) is 5.32. The van der Waals surface area contributed by atoms with E-state index in [1.54, 1.807) is 0 Å². The lowest BCUT2D eigenvalue weighted by Crippen LogP contribution is -2.29. The second-order valence-corrected chi connectivity index (χ2v) is 3.89. The number of carbonyl (C=O) groups excluding carboxylic acids is 1. The number of aliphatic imine (C=N–C) groups is 1. The number of hydrogen-bond donors (Lipinski definition) is 1. The maximum atomic E-state index is 11.7. The Hall–Kier alpha value is -2.30. The molecule has 0 bridgehead atoms. The van der Waals surface area contributed by atoms with Crippen LogP contribution < -0.4 is 5.32 Å². The minimum Gasteiger partial charge on any atom is -0.343 e. The summed E-state index contributed by atoms with van der Waals surface area (Å²) >= 11 is 0. The second kappa shape index (κ2) is 3.62. The molecule has 5 heteroatoms. The van der Waals surface area contributed by atoms with E-state index in [2.05, 4.69) is 20.5 Å². The van der Waals surface area contributed by atoms with Gasteiger partial charge in [0.15, 0.2) is 6.17 Å². The van der Waals surface area contributed by atoms with Crippen molar-refractivity contribution < 1.29 is 4.79 Å². The lowest BCUT2D eigenvalue weighted by atomic mass is 10.0. The molecule has 1 aromatic rings. The summed E-state index contributed by atoms with van der Waals surface area (Å²) in [6.45, 7) is 1.85. The van der Waals surface area contributed by atoms with Gasteiger partial charge in [0, 0.05) is 0 Å². The molecule has 3 rings (SSSR count). The van der Waals surface area contributed by atoms with Gasteiger partial charge in [-0.05, 0) is 12.5 Å². The fourth-order valence-corrected chi connectivity index (χ4v) is 1.95. The van der Waals surface area contributed by atoms with E-state index < -0.39 is 6.17 Å². The van der Waals surface area contributed by atoms with Crippen LogP contribution in [0.25, 0.3) is 5.70 Å². The van der Waals surface area contributed by atoms with Crippen LogP contribution in [0.4, 0.5) is 0 Å². The lowest BCUT2D eigenvalue weighted by molar-refractivity contribution is -0.114. The summed E-state index contributed by atoms with van der Waals surface area (Å²) in [5.74, 6) is 0.434. The molecule has 0 spiro atoms. The first kappa shape index (κ1) is 9.89. The van der Waals surface area contributed by atoms with Crippen LogP contribution in [0.1, 0.15) is 12.5 Å². The van der Waals surface area contributed by atoms with Crippen molar-refractivity contribution in [2.75, 3.05) is 0 Å². The van der Waals surface area contributed by atoms with Gasteiger partial charge in [-0.25, -0.2) is 4.99 Å². The fraction of sp³-hybridized carbons (Fsp3) is 0.167. The molecule has 1 N–H and O–H groups in total. The van der Waals surface area contributed by atoms with E-state index in [0.717, 1.165) is 17.1 Å². The standard InChI is InChI=1S/C12H10N4O/c1-7-13-10(8-5-3-2-4-6-8)9-11(14-7)15-16-12(9)17/h2-6,11H,1H3,(H,13,14). The normalized spacial score (nSPS) is 22.3. The Labute approximate surface area is 98.0 Å². The molecule has 0 radical (unpaired) electrons. The Kier molecular flexibility index (Phi) is 2.11. The van der Waals surface area contributed by atoms with Crippen LogP contribution in [-0.4, -0.2) is 17.9 Å². The molecule has 2 aliphatic heterocycles. The number of nitrogens with zero attached hydrogens (tertiary/aromatic N) is 3. The van der Waals surface area contributed by atoms with Crippen molar-refractivity contribution in [2.45, 2.75) is 13.1 Å². The number of carbonyl (C=O) groups is 1. The summed E-state index contributed by atoms with van der Waals surface area (Å²) in [6.07, 6.45) is -0.473. The zero-order valence-corrected chi connectivity index (χ0v) is 9.21. The third kappa shape index (κ3) is 1.56. The predicted octanol–water partition coefficient (Wildman–Crippen LogP) is 1.74. The van der Waals surface area contributed by atoms with Crippen LogP contribution in [0.3, 0.4) is 0 Å². The number of benzene rings is 1. The van der Waals surface area contributed by atoms with Gasteiger partial charge in [-0.1, -0.05) is 30.3 Å². The van der Waals surface area contributed by atoms with Crippen LogP contribution in [0.15, 0.2) is 51.1 Å². The van der Waals surface area contributed by atoms with Crippen molar-refractivity contribution in [3.8, 4) is 0 Å². The molecule has 0 saturated carbocycles. The monoisotopic (exact) mass is 226 g/mol. The quantitative estimate of drug-likeness (QED) is 0.792. The Bertz CT molecular complexity index is 571. The van der Waals surface area contributed by atoms with Crippen molar-refractivity contribution in [3.05, 3.63) is 41.5 Å². The summed E-state index contributed by atoms with van der Waals surface area (Å²) < 4.78 is 0. The average molecular weight is 226 g/mol. The number of rotatable bonds is 1.